The van der Waals surface area contributed by atoms with Gasteiger partial charge in [0.1, 0.15) is 15.6 Å². The highest BCUT2D eigenvalue weighted by atomic mass is 32.1. The van der Waals surface area contributed by atoms with Crippen LogP contribution >= 0.6 is 23.8 Å². The van der Waals surface area contributed by atoms with Crippen molar-refractivity contribution in [2.24, 2.45) is 5.73 Å². The molecule has 6 nitrogen and oxygen atoms in total. The molecule has 1 heterocycles. The Morgan fingerprint density at radius 2 is 2.32 bits per heavy atom. The van der Waals surface area contributed by atoms with Gasteiger partial charge in [0.2, 0.25) is 0 Å². The van der Waals surface area contributed by atoms with Crippen LogP contribution in [0, 0.1) is 0 Å². The van der Waals surface area contributed by atoms with E-state index in [0.717, 1.165) is 11.5 Å². The second-order valence-corrected chi connectivity index (χ2v) is 4.74. The average Bonchev–Trinajstić information content (AvgIpc) is 2.92. The van der Waals surface area contributed by atoms with Gasteiger partial charge in [-0.05, 0) is 29.7 Å². The van der Waals surface area contributed by atoms with E-state index in [-0.39, 0.29) is 10.9 Å². The van der Waals surface area contributed by atoms with E-state index in [2.05, 4.69) is 14.9 Å². The quantitative estimate of drug-likeness (QED) is 0.829. The summed E-state index contributed by atoms with van der Waals surface area (Å²) in [5, 5.41) is 6.32. The zero-order chi connectivity index (χ0) is 13.8. The first-order valence-corrected chi connectivity index (χ1v) is 6.36. The lowest BCUT2D eigenvalue weighted by molar-refractivity contribution is 0.103. The predicted molar refractivity (Wildman–Crippen MR) is 76.7 cm³/mol. The molecule has 1 aromatic heterocycles. The molecule has 0 unspecified atom stereocenters. The number of hydrogen-bond acceptors (Lipinski definition) is 6. The van der Waals surface area contributed by atoms with E-state index >= 15 is 0 Å². The standard InChI is InChI=1S/C11H10N4O2S2/c1-17-8-4-6(10(12)18)2-3-7(8)14-11(16)9-5-13-15-19-9/h2-5H,1H3,(H2,12,18)(H,14,16). The van der Waals surface area contributed by atoms with Gasteiger partial charge in [-0.1, -0.05) is 16.7 Å². The maximum atomic E-state index is 11.9. The number of methoxy groups -OCH3 is 1. The van der Waals surface area contributed by atoms with E-state index < -0.39 is 0 Å². The molecule has 2 aromatic rings. The van der Waals surface area contributed by atoms with Gasteiger partial charge in [-0.2, -0.15) is 0 Å². The van der Waals surface area contributed by atoms with E-state index in [4.69, 9.17) is 22.7 Å². The first kappa shape index (κ1) is 13.4. The van der Waals surface area contributed by atoms with Gasteiger partial charge in [-0.15, -0.1) is 5.10 Å². The van der Waals surface area contributed by atoms with Crippen LogP contribution in [0.5, 0.6) is 5.75 Å². The molecule has 19 heavy (non-hydrogen) atoms. The summed E-state index contributed by atoms with van der Waals surface area (Å²) in [5.41, 5.74) is 6.74. The molecule has 3 N–H and O–H groups in total. The van der Waals surface area contributed by atoms with Crippen LogP contribution in [0.15, 0.2) is 24.4 Å². The van der Waals surface area contributed by atoms with Crippen LogP contribution in [0.2, 0.25) is 0 Å². The van der Waals surface area contributed by atoms with Gasteiger partial charge in [0.15, 0.2) is 0 Å². The summed E-state index contributed by atoms with van der Waals surface area (Å²) in [6.07, 6.45) is 1.40. The summed E-state index contributed by atoms with van der Waals surface area (Å²) in [6, 6.07) is 5.06. The minimum atomic E-state index is -0.295. The van der Waals surface area contributed by atoms with Crippen LogP contribution in [0.25, 0.3) is 0 Å². The number of nitrogens with two attached hydrogens (primary N) is 1. The van der Waals surface area contributed by atoms with Crippen molar-refractivity contribution in [1.29, 1.82) is 0 Å². The molecule has 8 heteroatoms. The summed E-state index contributed by atoms with van der Waals surface area (Å²) in [6.45, 7) is 0. The van der Waals surface area contributed by atoms with E-state index in [1.165, 1.54) is 13.3 Å². The van der Waals surface area contributed by atoms with Gasteiger partial charge in [0.25, 0.3) is 5.91 Å². The third kappa shape index (κ3) is 3.04. The number of nitrogens with one attached hydrogen (secondary N) is 1. The van der Waals surface area contributed by atoms with Gasteiger partial charge in [0.05, 0.1) is 19.0 Å². The van der Waals surface area contributed by atoms with Gasteiger partial charge >= 0.3 is 0 Å². The zero-order valence-corrected chi connectivity index (χ0v) is 11.5. The third-order valence-corrected chi connectivity index (χ3v) is 3.22. The fourth-order valence-corrected chi connectivity index (χ4v) is 1.94. The highest BCUT2D eigenvalue weighted by Crippen LogP contribution is 2.26. The van der Waals surface area contributed by atoms with E-state index in [9.17, 15) is 4.79 Å². The number of hydrogen-bond donors (Lipinski definition) is 2. The molecule has 0 saturated carbocycles. The topological polar surface area (TPSA) is 90.1 Å². The number of anilines is 1. The Hall–Kier alpha value is -2.06. The summed E-state index contributed by atoms with van der Waals surface area (Å²) in [5.74, 6) is 0.187. The van der Waals surface area contributed by atoms with Gasteiger partial charge < -0.3 is 15.8 Å². The smallest absolute Gasteiger partial charge is 0.269 e. The second-order valence-electron chi connectivity index (χ2n) is 3.52. The van der Waals surface area contributed by atoms with Crippen LogP contribution in [-0.2, 0) is 0 Å². The number of ether oxygens (including phenoxy) is 1. The van der Waals surface area contributed by atoms with Gasteiger partial charge in [-0.3, -0.25) is 4.79 Å². The predicted octanol–water partition coefficient (Wildman–Crippen LogP) is 1.43. The Morgan fingerprint density at radius 1 is 1.53 bits per heavy atom. The lowest BCUT2D eigenvalue weighted by Crippen LogP contribution is -2.13. The molecule has 1 aromatic carbocycles. The van der Waals surface area contributed by atoms with Crippen molar-refractivity contribution in [2.75, 3.05) is 12.4 Å². The molecule has 0 aliphatic rings. The maximum Gasteiger partial charge on any atom is 0.269 e. The summed E-state index contributed by atoms with van der Waals surface area (Å²) in [7, 11) is 1.50. The number of aromatic nitrogens is 2. The van der Waals surface area contributed by atoms with Crippen molar-refractivity contribution in [3.8, 4) is 5.75 Å². The molecule has 0 radical (unpaired) electrons. The van der Waals surface area contributed by atoms with Crippen molar-refractivity contribution < 1.29 is 9.53 Å². The molecule has 0 saturated heterocycles. The van der Waals surface area contributed by atoms with E-state index in [1.54, 1.807) is 18.2 Å². The Morgan fingerprint density at radius 3 is 2.89 bits per heavy atom. The molecule has 0 fully saturated rings. The molecular formula is C11H10N4O2S2. The lowest BCUT2D eigenvalue weighted by atomic mass is 10.2. The minimum absolute atomic E-state index is 0.267. The van der Waals surface area contributed by atoms with Crippen molar-refractivity contribution in [3.63, 3.8) is 0 Å². The number of carbonyl (C=O) groups is 1. The minimum Gasteiger partial charge on any atom is -0.495 e. The molecule has 0 aliphatic carbocycles. The number of thiocarbonyl (C=S) groups is 1. The summed E-state index contributed by atoms with van der Waals surface area (Å²) in [4.78, 5) is 12.6. The van der Waals surface area contributed by atoms with Crippen LogP contribution in [0.3, 0.4) is 0 Å². The monoisotopic (exact) mass is 294 g/mol. The molecule has 2 rings (SSSR count). The maximum absolute atomic E-state index is 11.9. The SMILES string of the molecule is COc1cc(C(N)=S)ccc1NC(=O)c1cnns1. The van der Waals surface area contributed by atoms with Gasteiger partial charge in [-0.25, -0.2) is 0 Å². The first-order valence-electron chi connectivity index (χ1n) is 5.18. The van der Waals surface area contributed by atoms with Crippen LogP contribution in [0.4, 0.5) is 5.69 Å². The highest BCUT2D eigenvalue weighted by Gasteiger charge is 2.12. The molecular weight excluding hydrogens is 284 g/mol. The molecule has 0 spiro atoms. The Labute approximate surface area is 118 Å². The van der Waals surface area contributed by atoms with Crippen LogP contribution in [-0.4, -0.2) is 27.6 Å². The summed E-state index contributed by atoms with van der Waals surface area (Å²) < 4.78 is 8.83. The fourth-order valence-electron chi connectivity index (χ4n) is 1.40. The van der Waals surface area contributed by atoms with Gasteiger partial charge in [0, 0.05) is 5.56 Å². The lowest BCUT2D eigenvalue weighted by Gasteiger charge is -2.10. The van der Waals surface area contributed by atoms with Crippen molar-refractivity contribution in [2.45, 2.75) is 0 Å². The van der Waals surface area contributed by atoms with E-state index in [1.807, 2.05) is 0 Å². The molecule has 98 valence electrons. The van der Waals surface area contributed by atoms with Crippen molar-refractivity contribution in [3.05, 3.63) is 34.8 Å². The number of carbonyl (C=O) groups excluding carboxylic acids is 1. The number of rotatable bonds is 4. The number of benzene rings is 1. The fraction of sp³-hybridized carbons (Fsp3) is 0.0909. The Balaban J connectivity index is 2.25. The number of amides is 1. The van der Waals surface area contributed by atoms with Crippen LogP contribution in [0.1, 0.15) is 15.2 Å². The Bertz CT molecular complexity index is 613. The summed E-state index contributed by atoms with van der Waals surface area (Å²) >= 11 is 5.90. The Kier molecular flexibility index (Phi) is 4.03. The highest BCUT2D eigenvalue weighted by molar-refractivity contribution is 7.80. The largest absolute Gasteiger partial charge is 0.495 e. The molecule has 0 bridgehead atoms. The van der Waals surface area contributed by atoms with Crippen molar-refractivity contribution >= 4 is 40.3 Å². The first-order chi connectivity index (χ1) is 9.11. The average molecular weight is 294 g/mol. The molecule has 1 amide bonds. The third-order valence-electron chi connectivity index (χ3n) is 2.32. The molecule has 0 atom stereocenters. The normalized spacial score (nSPS) is 9.95. The number of nitrogens with zero attached hydrogens (tertiary/aromatic N) is 2. The molecule has 0 aliphatic heterocycles. The van der Waals surface area contributed by atoms with E-state index in [0.29, 0.717) is 21.9 Å². The van der Waals surface area contributed by atoms with Crippen LogP contribution < -0.4 is 15.8 Å². The second kappa shape index (κ2) is 5.72. The zero-order valence-electron chi connectivity index (χ0n) is 9.91. The van der Waals surface area contributed by atoms with Crippen molar-refractivity contribution in [1.82, 2.24) is 9.59 Å².